The van der Waals surface area contributed by atoms with E-state index in [9.17, 15) is 14.0 Å². The summed E-state index contributed by atoms with van der Waals surface area (Å²) in [5.74, 6) is 0.297. The van der Waals surface area contributed by atoms with Gasteiger partial charge in [0, 0.05) is 22.3 Å². The van der Waals surface area contributed by atoms with Crippen LogP contribution in [0.5, 0.6) is 11.5 Å². The highest BCUT2D eigenvalue weighted by molar-refractivity contribution is 7.99. The summed E-state index contributed by atoms with van der Waals surface area (Å²) in [6.45, 7) is -0.146. The maximum absolute atomic E-state index is 13.3. The van der Waals surface area contributed by atoms with Crippen molar-refractivity contribution in [2.75, 3.05) is 31.0 Å². The van der Waals surface area contributed by atoms with Crippen LogP contribution in [0, 0.1) is 5.82 Å². The molecule has 1 aliphatic rings. The summed E-state index contributed by atoms with van der Waals surface area (Å²) < 4.78 is 23.9. The molecule has 33 heavy (non-hydrogen) atoms. The number of ether oxygens (including phenoxy) is 2. The molecule has 1 N–H and O–H groups in total. The van der Waals surface area contributed by atoms with Crippen LogP contribution in [0.15, 0.2) is 71.6 Å². The molecular formula is C25H23FN2O4S. The summed E-state index contributed by atoms with van der Waals surface area (Å²) in [7, 11) is 3.15. The Hall–Kier alpha value is -3.52. The predicted octanol–water partition coefficient (Wildman–Crippen LogP) is 5.05. The number of hydrogen-bond acceptors (Lipinski definition) is 5. The van der Waals surface area contributed by atoms with Gasteiger partial charge in [0.2, 0.25) is 11.8 Å². The highest BCUT2D eigenvalue weighted by atomic mass is 32.2. The third-order valence-corrected chi connectivity index (χ3v) is 6.62. The van der Waals surface area contributed by atoms with E-state index in [1.807, 2.05) is 42.5 Å². The lowest BCUT2D eigenvalue weighted by molar-refractivity contribution is -0.121. The van der Waals surface area contributed by atoms with Crippen LogP contribution in [0.25, 0.3) is 0 Å². The van der Waals surface area contributed by atoms with Crippen molar-refractivity contribution < 1.29 is 23.5 Å². The number of thioether (sulfide) groups is 1. The average Bonchev–Trinajstić information content (AvgIpc) is 2.96. The van der Waals surface area contributed by atoms with Crippen molar-refractivity contribution in [1.29, 1.82) is 0 Å². The zero-order valence-electron chi connectivity index (χ0n) is 18.2. The molecule has 0 unspecified atom stereocenters. The average molecular weight is 467 g/mol. The van der Waals surface area contributed by atoms with Crippen LogP contribution < -0.4 is 19.7 Å². The van der Waals surface area contributed by atoms with Gasteiger partial charge in [-0.3, -0.25) is 9.59 Å². The van der Waals surface area contributed by atoms with Crippen molar-refractivity contribution in [2.24, 2.45) is 0 Å². The van der Waals surface area contributed by atoms with Crippen molar-refractivity contribution in [1.82, 2.24) is 0 Å². The fourth-order valence-corrected chi connectivity index (χ4v) is 4.94. The molecule has 0 saturated carbocycles. The number of nitrogens with one attached hydrogen (secondary N) is 1. The van der Waals surface area contributed by atoms with Crippen LogP contribution in [-0.4, -0.2) is 32.6 Å². The lowest BCUT2D eigenvalue weighted by Gasteiger charge is -2.22. The molecular weight excluding hydrogens is 443 g/mol. The molecule has 6 nitrogen and oxygen atoms in total. The Balaban J connectivity index is 1.59. The number of hydrogen-bond donors (Lipinski definition) is 1. The first kappa shape index (κ1) is 22.7. The van der Waals surface area contributed by atoms with Crippen molar-refractivity contribution in [2.45, 2.75) is 16.6 Å². The van der Waals surface area contributed by atoms with Crippen molar-refractivity contribution in [3.05, 3.63) is 78.1 Å². The summed E-state index contributed by atoms with van der Waals surface area (Å²) in [5, 5.41) is 2.56. The quantitative estimate of drug-likeness (QED) is 0.551. The van der Waals surface area contributed by atoms with Crippen LogP contribution >= 0.6 is 11.8 Å². The third kappa shape index (κ3) is 5.12. The van der Waals surface area contributed by atoms with Gasteiger partial charge in [-0.1, -0.05) is 18.2 Å². The minimum Gasteiger partial charge on any atom is -0.493 e. The van der Waals surface area contributed by atoms with Crippen LogP contribution in [-0.2, 0) is 9.59 Å². The van der Waals surface area contributed by atoms with E-state index in [0.29, 0.717) is 22.9 Å². The minimum atomic E-state index is -0.386. The first-order valence-corrected chi connectivity index (χ1v) is 11.2. The van der Waals surface area contributed by atoms with E-state index in [1.165, 1.54) is 29.2 Å². The third-order valence-electron chi connectivity index (χ3n) is 5.30. The second-order valence-electron chi connectivity index (χ2n) is 7.43. The van der Waals surface area contributed by atoms with E-state index in [1.54, 1.807) is 26.0 Å². The minimum absolute atomic E-state index is 0.146. The normalized spacial score (nSPS) is 15.4. The molecule has 0 bridgehead atoms. The van der Waals surface area contributed by atoms with Gasteiger partial charge < -0.3 is 19.7 Å². The van der Waals surface area contributed by atoms with E-state index >= 15 is 0 Å². The van der Waals surface area contributed by atoms with Gasteiger partial charge in [0.15, 0.2) is 11.5 Å². The van der Waals surface area contributed by atoms with Crippen LogP contribution in [0.2, 0.25) is 0 Å². The van der Waals surface area contributed by atoms with E-state index in [4.69, 9.17) is 9.47 Å². The highest BCUT2D eigenvalue weighted by Gasteiger charge is 2.30. The fraction of sp³-hybridized carbons (Fsp3) is 0.200. The second kappa shape index (κ2) is 9.95. The smallest absolute Gasteiger partial charge is 0.244 e. The summed E-state index contributed by atoms with van der Waals surface area (Å²) in [4.78, 5) is 28.4. The molecule has 170 valence electrons. The number of anilines is 2. The number of methoxy groups -OCH3 is 2. The zero-order chi connectivity index (χ0) is 23.4. The number of carbonyl (C=O) groups is 2. The summed E-state index contributed by atoms with van der Waals surface area (Å²) in [6.07, 6.45) is 0.207. The summed E-state index contributed by atoms with van der Waals surface area (Å²) in [5.41, 5.74) is 2.08. The molecule has 1 heterocycles. The Bertz CT molecular complexity index is 1170. The van der Waals surface area contributed by atoms with Gasteiger partial charge in [-0.15, -0.1) is 11.8 Å². The number of nitrogens with zero attached hydrogens (tertiary/aromatic N) is 1. The Morgan fingerprint density at radius 3 is 2.52 bits per heavy atom. The van der Waals surface area contributed by atoms with Crippen molar-refractivity contribution >= 4 is 35.0 Å². The largest absolute Gasteiger partial charge is 0.493 e. The number of halogens is 1. The first-order chi connectivity index (χ1) is 16.0. The van der Waals surface area contributed by atoms with Gasteiger partial charge in [-0.05, 0) is 54.1 Å². The first-order valence-electron chi connectivity index (χ1n) is 10.3. The van der Waals surface area contributed by atoms with Gasteiger partial charge in [0.25, 0.3) is 0 Å². The standard InChI is InChI=1S/C25H23FN2O4S/c1-31-20-12-7-16(13-21(20)32-2)23-14-25(30)28(19-5-3-4-6-22(19)33-23)15-24(29)27-18-10-8-17(26)9-11-18/h3-13,23H,14-15H2,1-2H3,(H,27,29)/t23-/m1/s1. The van der Waals surface area contributed by atoms with Crippen molar-refractivity contribution in [3.63, 3.8) is 0 Å². The SMILES string of the molecule is COc1ccc([C@H]2CC(=O)N(CC(=O)Nc3ccc(F)cc3)c3ccccc3S2)cc1OC. The maximum atomic E-state index is 13.3. The predicted molar refractivity (Wildman–Crippen MR) is 127 cm³/mol. The lowest BCUT2D eigenvalue weighted by Crippen LogP contribution is -2.38. The zero-order valence-corrected chi connectivity index (χ0v) is 19.0. The fourth-order valence-electron chi connectivity index (χ4n) is 3.67. The maximum Gasteiger partial charge on any atom is 0.244 e. The van der Waals surface area contributed by atoms with Crippen LogP contribution in [0.4, 0.5) is 15.8 Å². The Kier molecular flexibility index (Phi) is 6.84. The molecule has 3 aromatic rings. The summed E-state index contributed by atoms with van der Waals surface area (Å²) >= 11 is 1.57. The van der Waals surface area contributed by atoms with Gasteiger partial charge >= 0.3 is 0 Å². The van der Waals surface area contributed by atoms with E-state index in [2.05, 4.69) is 5.32 Å². The van der Waals surface area contributed by atoms with Crippen LogP contribution in [0.3, 0.4) is 0 Å². The monoisotopic (exact) mass is 466 g/mol. The number of amides is 2. The Morgan fingerprint density at radius 1 is 1.06 bits per heavy atom. The number of benzene rings is 3. The molecule has 8 heteroatoms. The van der Waals surface area contributed by atoms with Gasteiger partial charge in [-0.2, -0.15) is 0 Å². The van der Waals surface area contributed by atoms with Crippen LogP contribution in [0.1, 0.15) is 17.2 Å². The lowest BCUT2D eigenvalue weighted by atomic mass is 10.1. The molecule has 0 fully saturated rings. The summed E-state index contributed by atoms with van der Waals surface area (Å²) in [6, 6.07) is 18.7. The number of rotatable bonds is 6. The molecule has 0 radical (unpaired) electrons. The molecule has 0 aliphatic carbocycles. The topological polar surface area (TPSA) is 67.9 Å². The molecule has 0 saturated heterocycles. The Labute approximate surface area is 195 Å². The highest BCUT2D eigenvalue weighted by Crippen LogP contribution is 2.46. The molecule has 0 spiro atoms. The van der Waals surface area contributed by atoms with Gasteiger partial charge in [-0.25, -0.2) is 4.39 Å². The molecule has 4 rings (SSSR count). The number of para-hydroxylation sites is 1. The molecule has 1 aliphatic heterocycles. The number of fused-ring (bicyclic) bond motifs is 1. The van der Waals surface area contributed by atoms with E-state index in [-0.39, 0.29) is 35.8 Å². The molecule has 0 aromatic heterocycles. The van der Waals surface area contributed by atoms with E-state index < -0.39 is 0 Å². The van der Waals surface area contributed by atoms with E-state index in [0.717, 1.165) is 10.5 Å². The van der Waals surface area contributed by atoms with Gasteiger partial charge in [0.1, 0.15) is 12.4 Å². The van der Waals surface area contributed by atoms with Crippen molar-refractivity contribution in [3.8, 4) is 11.5 Å². The molecule has 2 amide bonds. The molecule has 3 aromatic carbocycles. The molecule has 1 atom stereocenters. The number of carbonyl (C=O) groups excluding carboxylic acids is 2. The van der Waals surface area contributed by atoms with Gasteiger partial charge in [0.05, 0.1) is 19.9 Å². The second-order valence-corrected chi connectivity index (χ2v) is 8.67. The Morgan fingerprint density at radius 2 is 1.79 bits per heavy atom.